The second kappa shape index (κ2) is 8.29. The van der Waals surface area contributed by atoms with E-state index in [0.29, 0.717) is 24.1 Å². The van der Waals surface area contributed by atoms with Gasteiger partial charge in [-0.3, -0.25) is 20.3 Å². The van der Waals surface area contributed by atoms with Crippen molar-refractivity contribution in [1.82, 2.24) is 5.01 Å². The molecule has 0 atom stereocenters. The summed E-state index contributed by atoms with van der Waals surface area (Å²) in [6, 6.07) is 7.33. The first-order valence-electron chi connectivity index (χ1n) is 9.30. The zero-order valence-electron chi connectivity index (χ0n) is 17.1. The van der Waals surface area contributed by atoms with E-state index in [-0.39, 0.29) is 43.7 Å². The number of amides is 1. The average molecular weight is 489 g/mol. The minimum Gasteiger partial charge on any atom is -0.494 e. The number of nitro groups is 1. The lowest BCUT2D eigenvalue weighted by molar-refractivity contribution is -0.384. The number of furan rings is 1. The average Bonchev–Trinajstić information content (AvgIpc) is 3.38. The summed E-state index contributed by atoms with van der Waals surface area (Å²) in [5, 5.41) is 24.6. The monoisotopic (exact) mass is 489 g/mol. The van der Waals surface area contributed by atoms with E-state index >= 15 is 0 Å². The molecule has 3 heterocycles. The molecule has 0 spiro atoms. The van der Waals surface area contributed by atoms with Gasteiger partial charge in [-0.2, -0.15) is 10.0 Å². The summed E-state index contributed by atoms with van der Waals surface area (Å²) in [6.07, 6.45) is 2.21. The van der Waals surface area contributed by atoms with Crippen LogP contribution in [0.2, 0.25) is 0 Å². The van der Waals surface area contributed by atoms with Gasteiger partial charge in [-0.25, -0.2) is 8.42 Å². The van der Waals surface area contributed by atoms with Crippen LogP contribution in [0.15, 0.2) is 50.4 Å². The molecule has 2 aliphatic heterocycles. The number of aliphatic imine (C=N–C) groups is 1. The second-order valence-corrected chi connectivity index (χ2v) is 9.87. The summed E-state index contributed by atoms with van der Waals surface area (Å²) < 4.78 is 34.2. The van der Waals surface area contributed by atoms with Gasteiger partial charge in [0.25, 0.3) is 11.6 Å². The summed E-state index contributed by atoms with van der Waals surface area (Å²) >= 11 is 0.679. The molecule has 14 heteroatoms. The Morgan fingerprint density at radius 2 is 2.09 bits per heavy atom. The highest BCUT2D eigenvalue weighted by Gasteiger charge is 2.38. The van der Waals surface area contributed by atoms with Crippen LogP contribution in [0.25, 0.3) is 17.4 Å². The van der Waals surface area contributed by atoms with Crippen LogP contribution in [0.3, 0.4) is 0 Å². The first kappa shape index (κ1) is 22.4. The lowest BCUT2D eigenvalue weighted by Crippen LogP contribution is -2.35. The molecule has 2 aromatic rings. The molecule has 33 heavy (non-hydrogen) atoms. The largest absolute Gasteiger partial charge is 0.494 e. The Hall–Kier alpha value is -3.78. The third kappa shape index (κ3) is 4.29. The first-order chi connectivity index (χ1) is 15.6. The van der Waals surface area contributed by atoms with Crippen LogP contribution in [-0.2, 0) is 14.6 Å². The first-order valence-corrected chi connectivity index (χ1v) is 12.0. The molecule has 170 valence electrons. The fourth-order valence-corrected chi connectivity index (χ4v) is 4.65. The predicted octanol–water partition coefficient (Wildman–Crippen LogP) is 2.87. The van der Waals surface area contributed by atoms with Crippen molar-refractivity contribution in [2.75, 3.05) is 12.9 Å². The number of ether oxygens (including phenoxy) is 1. The number of amidine groups is 2. The van der Waals surface area contributed by atoms with Crippen molar-refractivity contribution in [2.45, 2.75) is 6.92 Å². The standard InChI is InChI=1S/C19H15N5O7S2/c1-3-30-10-4-6-12(14(9-10)24(26)27)15-7-5-11(31-15)8-13-16(20)23-18(21-17(13)25)32-19(22-23)33(2,28)29/h4-9,20H,3H2,1-2H3/b13-8-,20-16?. The number of sulfone groups is 1. The molecule has 1 amide bonds. The topological polar surface area (TPSA) is 169 Å². The number of carbonyl (C=O) groups excluding carboxylic acids is 1. The Morgan fingerprint density at radius 3 is 2.76 bits per heavy atom. The minimum atomic E-state index is -3.64. The van der Waals surface area contributed by atoms with Crippen molar-refractivity contribution in [2.24, 2.45) is 10.1 Å². The highest BCUT2D eigenvalue weighted by atomic mass is 32.3. The van der Waals surface area contributed by atoms with E-state index in [0.717, 1.165) is 11.3 Å². The number of carbonyl (C=O) groups is 1. The molecule has 12 nitrogen and oxygen atoms in total. The Labute approximate surface area is 191 Å². The molecule has 1 N–H and O–H groups in total. The number of fused-ring (bicyclic) bond motifs is 1. The van der Waals surface area contributed by atoms with Crippen molar-refractivity contribution in [1.29, 1.82) is 5.41 Å². The Morgan fingerprint density at radius 1 is 1.33 bits per heavy atom. The molecule has 0 fully saturated rings. The lowest BCUT2D eigenvalue weighted by atomic mass is 10.1. The zero-order valence-corrected chi connectivity index (χ0v) is 18.8. The van der Waals surface area contributed by atoms with Crippen LogP contribution in [-0.4, -0.2) is 52.5 Å². The lowest BCUT2D eigenvalue weighted by Gasteiger charge is -2.19. The van der Waals surface area contributed by atoms with Gasteiger partial charge in [0.2, 0.25) is 19.4 Å². The molecule has 1 aromatic heterocycles. The predicted molar refractivity (Wildman–Crippen MR) is 122 cm³/mol. The quantitative estimate of drug-likeness (QED) is 0.377. The Kier molecular flexibility index (Phi) is 5.63. The van der Waals surface area contributed by atoms with Crippen LogP contribution < -0.4 is 4.74 Å². The van der Waals surface area contributed by atoms with Gasteiger partial charge >= 0.3 is 0 Å². The van der Waals surface area contributed by atoms with E-state index < -0.39 is 20.7 Å². The van der Waals surface area contributed by atoms with Gasteiger partial charge in [0.15, 0.2) is 5.84 Å². The van der Waals surface area contributed by atoms with E-state index in [9.17, 15) is 23.3 Å². The summed E-state index contributed by atoms with van der Waals surface area (Å²) in [5.41, 5.74) is -0.196. The van der Waals surface area contributed by atoms with Gasteiger partial charge in [0.05, 0.1) is 28.7 Å². The van der Waals surface area contributed by atoms with Crippen molar-refractivity contribution < 1.29 is 27.3 Å². The molecule has 0 aliphatic carbocycles. The number of hydrazone groups is 1. The van der Waals surface area contributed by atoms with Gasteiger partial charge in [0, 0.05) is 6.26 Å². The van der Waals surface area contributed by atoms with E-state index in [1.165, 1.54) is 30.3 Å². The summed E-state index contributed by atoms with van der Waals surface area (Å²) in [6.45, 7) is 2.11. The SMILES string of the molecule is CCOc1ccc(-c2ccc(/C=C3/C(=N)N4N=C(S(C)(=O)=O)SC4=NC3=O)o2)c([N+](=O)[O-])c1. The third-order valence-corrected chi connectivity index (χ3v) is 6.99. The normalized spacial score (nSPS) is 17.2. The van der Waals surface area contributed by atoms with E-state index in [1.807, 2.05) is 0 Å². The van der Waals surface area contributed by atoms with Gasteiger partial charge in [-0.1, -0.05) is 0 Å². The molecular weight excluding hydrogens is 474 g/mol. The maximum atomic E-state index is 12.4. The van der Waals surface area contributed by atoms with Crippen LogP contribution in [0.4, 0.5) is 5.69 Å². The molecule has 0 bridgehead atoms. The molecule has 4 rings (SSSR count). The number of nitro benzene ring substituents is 1. The van der Waals surface area contributed by atoms with Crippen LogP contribution in [0, 0.1) is 15.5 Å². The number of benzene rings is 1. The van der Waals surface area contributed by atoms with Gasteiger partial charge in [0.1, 0.15) is 17.3 Å². The van der Waals surface area contributed by atoms with Crippen molar-refractivity contribution in [3.05, 3.63) is 51.8 Å². The maximum Gasteiger partial charge on any atom is 0.284 e. The van der Waals surface area contributed by atoms with E-state index in [1.54, 1.807) is 13.0 Å². The molecule has 0 saturated heterocycles. The zero-order chi connectivity index (χ0) is 23.9. The summed E-state index contributed by atoms with van der Waals surface area (Å²) in [5.74, 6) is -0.493. The molecule has 1 aromatic carbocycles. The fraction of sp³-hybridized carbons (Fsp3) is 0.158. The number of thioether (sulfide) groups is 1. The summed E-state index contributed by atoms with van der Waals surface area (Å²) in [4.78, 5) is 27.2. The van der Waals surface area contributed by atoms with E-state index in [4.69, 9.17) is 14.6 Å². The van der Waals surface area contributed by atoms with Crippen molar-refractivity contribution >= 4 is 54.6 Å². The number of nitrogens with one attached hydrogen (secondary N) is 1. The van der Waals surface area contributed by atoms with Crippen LogP contribution >= 0.6 is 11.8 Å². The van der Waals surface area contributed by atoms with Gasteiger partial charge < -0.3 is 9.15 Å². The molecule has 2 aliphatic rings. The third-order valence-electron chi connectivity index (χ3n) is 4.41. The molecular formula is C19H15N5O7S2. The van der Waals surface area contributed by atoms with Crippen LogP contribution in [0.5, 0.6) is 5.75 Å². The number of hydrogen-bond acceptors (Lipinski definition) is 10. The Balaban J connectivity index is 1.67. The van der Waals surface area contributed by atoms with Gasteiger partial charge in [-0.05, 0) is 49.0 Å². The second-order valence-electron chi connectivity index (χ2n) is 6.73. The number of hydrogen-bond donors (Lipinski definition) is 1. The minimum absolute atomic E-state index is 0.0345. The fourth-order valence-electron chi connectivity index (χ4n) is 2.97. The van der Waals surface area contributed by atoms with Crippen LogP contribution in [0.1, 0.15) is 12.7 Å². The molecule has 0 unspecified atom stereocenters. The van der Waals surface area contributed by atoms with Crippen molar-refractivity contribution in [3.63, 3.8) is 0 Å². The smallest absolute Gasteiger partial charge is 0.284 e. The van der Waals surface area contributed by atoms with Gasteiger partial charge in [-0.15, -0.1) is 5.10 Å². The highest BCUT2D eigenvalue weighted by Crippen LogP contribution is 2.35. The molecule has 0 radical (unpaired) electrons. The highest BCUT2D eigenvalue weighted by molar-refractivity contribution is 8.42. The number of rotatable bonds is 5. The van der Waals surface area contributed by atoms with Crippen molar-refractivity contribution in [3.8, 4) is 17.1 Å². The summed E-state index contributed by atoms with van der Waals surface area (Å²) in [7, 11) is -3.64. The molecule has 0 saturated carbocycles. The Bertz CT molecular complexity index is 1410. The number of nitrogens with zero attached hydrogens (tertiary/aromatic N) is 4. The maximum absolute atomic E-state index is 12.4. The van der Waals surface area contributed by atoms with E-state index in [2.05, 4.69) is 10.1 Å².